The molecule has 0 spiro atoms. The van der Waals surface area contributed by atoms with Gasteiger partial charge in [-0.05, 0) is 37.8 Å². The van der Waals surface area contributed by atoms with Gasteiger partial charge < -0.3 is 9.73 Å². The molecule has 0 aliphatic heterocycles. The lowest BCUT2D eigenvalue weighted by molar-refractivity contribution is -0.122. The highest BCUT2D eigenvalue weighted by Gasteiger charge is 2.45. The van der Waals surface area contributed by atoms with Gasteiger partial charge in [-0.2, -0.15) is 0 Å². The molecule has 0 radical (unpaired) electrons. The van der Waals surface area contributed by atoms with Gasteiger partial charge in [-0.1, -0.05) is 18.2 Å². The van der Waals surface area contributed by atoms with Crippen LogP contribution in [0.25, 0.3) is 0 Å². The summed E-state index contributed by atoms with van der Waals surface area (Å²) >= 11 is 0. The van der Waals surface area contributed by atoms with Gasteiger partial charge in [0.05, 0.1) is 12.2 Å². The number of hydrogen-bond acceptors (Lipinski definition) is 3. The molecule has 0 bridgehead atoms. The molecule has 0 saturated heterocycles. The average molecular weight is 288 g/mol. The maximum Gasteiger partial charge on any atom is 0.224 e. The van der Waals surface area contributed by atoms with Crippen molar-refractivity contribution in [1.29, 1.82) is 0 Å². The summed E-state index contributed by atoms with van der Waals surface area (Å²) < 4.78 is 19.1. The summed E-state index contributed by atoms with van der Waals surface area (Å²) in [6.45, 7) is 3.97. The van der Waals surface area contributed by atoms with Gasteiger partial charge in [0, 0.05) is 5.92 Å². The molecule has 4 nitrogen and oxygen atoms in total. The highest BCUT2D eigenvalue weighted by Crippen LogP contribution is 2.48. The highest BCUT2D eigenvalue weighted by molar-refractivity contribution is 5.82. The first-order valence-corrected chi connectivity index (χ1v) is 7.01. The van der Waals surface area contributed by atoms with Crippen molar-refractivity contribution in [2.45, 2.75) is 32.7 Å². The number of aromatic nitrogens is 1. The molecule has 1 aliphatic rings. The number of aryl methyl sites for hydroxylation is 2. The van der Waals surface area contributed by atoms with Crippen LogP contribution in [0.4, 0.5) is 4.39 Å². The Morgan fingerprint density at radius 3 is 2.86 bits per heavy atom. The Labute approximate surface area is 122 Å². The lowest BCUT2D eigenvalue weighted by Crippen LogP contribution is -2.25. The zero-order valence-corrected chi connectivity index (χ0v) is 12.0. The van der Waals surface area contributed by atoms with E-state index in [9.17, 15) is 9.18 Å². The van der Waals surface area contributed by atoms with E-state index in [0.717, 1.165) is 11.5 Å². The number of nitrogens with one attached hydrogen (secondary N) is 1. The number of carbonyl (C=O) groups is 1. The standard InChI is InChI=1S/C16H17FN2O2/c1-9-10(2)21-15(19-9)8-18-16(20)13-7-12(13)11-5-3-4-6-14(11)17/h3-6,12-13H,7-8H2,1-2H3,(H,18,20). The SMILES string of the molecule is Cc1nc(CNC(=O)C2CC2c2ccccc2F)oc1C. The van der Waals surface area contributed by atoms with Crippen LogP contribution >= 0.6 is 0 Å². The van der Waals surface area contributed by atoms with E-state index in [1.54, 1.807) is 18.2 Å². The van der Waals surface area contributed by atoms with Gasteiger partial charge in [0.1, 0.15) is 11.6 Å². The van der Waals surface area contributed by atoms with E-state index < -0.39 is 0 Å². The second-order valence-corrected chi connectivity index (χ2v) is 5.44. The minimum atomic E-state index is -0.239. The van der Waals surface area contributed by atoms with Gasteiger partial charge in [-0.15, -0.1) is 0 Å². The maximum absolute atomic E-state index is 13.7. The molecular weight excluding hydrogens is 271 g/mol. The monoisotopic (exact) mass is 288 g/mol. The quantitative estimate of drug-likeness (QED) is 0.941. The summed E-state index contributed by atoms with van der Waals surface area (Å²) in [7, 11) is 0. The molecule has 1 aromatic carbocycles. The fourth-order valence-corrected chi connectivity index (χ4v) is 2.51. The summed E-state index contributed by atoms with van der Waals surface area (Å²) in [6, 6.07) is 6.63. The van der Waals surface area contributed by atoms with Crippen molar-refractivity contribution in [1.82, 2.24) is 10.3 Å². The molecule has 1 saturated carbocycles. The lowest BCUT2D eigenvalue weighted by Gasteiger charge is -2.03. The van der Waals surface area contributed by atoms with Crippen molar-refractivity contribution in [3.8, 4) is 0 Å². The predicted octanol–water partition coefficient (Wildman–Crippen LogP) is 2.85. The summed E-state index contributed by atoms with van der Waals surface area (Å²) in [5.74, 6) is 0.781. The minimum absolute atomic E-state index is 0.0146. The Bertz CT molecular complexity index is 661. The number of nitrogens with zero attached hydrogens (tertiary/aromatic N) is 1. The van der Waals surface area contributed by atoms with Crippen LogP contribution in [0, 0.1) is 25.6 Å². The Kier molecular flexibility index (Phi) is 3.49. The van der Waals surface area contributed by atoms with E-state index in [4.69, 9.17) is 4.42 Å². The third-order valence-electron chi connectivity index (χ3n) is 3.92. The Morgan fingerprint density at radius 1 is 1.43 bits per heavy atom. The van der Waals surface area contributed by atoms with Crippen LogP contribution in [0.3, 0.4) is 0 Å². The van der Waals surface area contributed by atoms with Crippen molar-refractivity contribution in [3.05, 3.63) is 53.0 Å². The third kappa shape index (κ3) is 2.82. The second kappa shape index (κ2) is 5.31. The number of halogens is 1. The van der Waals surface area contributed by atoms with Gasteiger partial charge in [-0.25, -0.2) is 9.37 Å². The fourth-order valence-electron chi connectivity index (χ4n) is 2.51. The molecule has 2 aromatic rings. The van der Waals surface area contributed by atoms with Crippen molar-refractivity contribution in [3.63, 3.8) is 0 Å². The van der Waals surface area contributed by atoms with Gasteiger partial charge in [0.2, 0.25) is 11.8 Å². The average Bonchev–Trinajstić information content (AvgIpc) is 3.18. The zero-order chi connectivity index (χ0) is 15.0. The van der Waals surface area contributed by atoms with Gasteiger partial charge in [0.15, 0.2) is 0 Å². The fraction of sp³-hybridized carbons (Fsp3) is 0.375. The van der Waals surface area contributed by atoms with Crippen LogP contribution in [-0.2, 0) is 11.3 Å². The van der Waals surface area contributed by atoms with Crippen LogP contribution in [0.15, 0.2) is 28.7 Å². The van der Waals surface area contributed by atoms with Crippen LogP contribution in [0.5, 0.6) is 0 Å². The molecule has 21 heavy (non-hydrogen) atoms. The first-order valence-electron chi connectivity index (χ1n) is 7.01. The largest absolute Gasteiger partial charge is 0.444 e. The van der Waals surface area contributed by atoms with Crippen molar-refractivity contribution in [2.24, 2.45) is 5.92 Å². The number of benzene rings is 1. The topological polar surface area (TPSA) is 55.1 Å². The molecule has 1 aromatic heterocycles. The number of carbonyl (C=O) groups excluding carboxylic acids is 1. The number of rotatable bonds is 4. The highest BCUT2D eigenvalue weighted by atomic mass is 19.1. The Balaban J connectivity index is 1.57. The number of oxazole rings is 1. The van der Waals surface area contributed by atoms with E-state index in [1.807, 2.05) is 13.8 Å². The zero-order valence-electron chi connectivity index (χ0n) is 12.0. The van der Waals surface area contributed by atoms with Crippen molar-refractivity contribution < 1.29 is 13.6 Å². The summed E-state index contributed by atoms with van der Waals surface area (Å²) in [5, 5.41) is 2.80. The van der Waals surface area contributed by atoms with Crippen LogP contribution in [-0.4, -0.2) is 10.9 Å². The van der Waals surface area contributed by atoms with Gasteiger partial charge in [-0.3, -0.25) is 4.79 Å². The molecule has 1 aliphatic carbocycles. The predicted molar refractivity (Wildman–Crippen MR) is 75.1 cm³/mol. The number of hydrogen-bond donors (Lipinski definition) is 1. The lowest BCUT2D eigenvalue weighted by atomic mass is 10.1. The van der Waals surface area contributed by atoms with Gasteiger partial charge in [0.25, 0.3) is 0 Å². The van der Waals surface area contributed by atoms with E-state index >= 15 is 0 Å². The van der Waals surface area contributed by atoms with Gasteiger partial charge >= 0.3 is 0 Å². The molecule has 3 rings (SSSR count). The molecule has 1 fully saturated rings. The Morgan fingerprint density at radius 2 is 2.19 bits per heavy atom. The smallest absolute Gasteiger partial charge is 0.224 e. The molecule has 1 amide bonds. The third-order valence-corrected chi connectivity index (χ3v) is 3.92. The minimum Gasteiger partial charge on any atom is -0.444 e. The number of amides is 1. The molecular formula is C16H17FN2O2. The van der Waals surface area contributed by atoms with Crippen molar-refractivity contribution >= 4 is 5.91 Å². The molecule has 1 heterocycles. The molecule has 5 heteroatoms. The van der Waals surface area contributed by atoms with E-state index in [0.29, 0.717) is 17.9 Å². The first kappa shape index (κ1) is 13.8. The van der Waals surface area contributed by atoms with Crippen LogP contribution in [0.2, 0.25) is 0 Å². The Hall–Kier alpha value is -2.17. The summed E-state index contributed by atoms with van der Waals surface area (Å²) in [4.78, 5) is 16.3. The van der Waals surface area contributed by atoms with E-state index in [-0.39, 0.29) is 30.1 Å². The van der Waals surface area contributed by atoms with Crippen molar-refractivity contribution in [2.75, 3.05) is 0 Å². The molecule has 110 valence electrons. The molecule has 2 atom stereocenters. The van der Waals surface area contributed by atoms with Crippen LogP contribution < -0.4 is 5.32 Å². The van der Waals surface area contributed by atoms with E-state index in [2.05, 4.69) is 10.3 Å². The first-order chi connectivity index (χ1) is 10.1. The normalized spacial score (nSPS) is 20.3. The van der Waals surface area contributed by atoms with E-state index in [1.165, 1.54) is 6.07 Å². The second-order valence-electron chi connectivity index (χ2n) is 5.44. The summed E-state index contributed by atoms with van der Waals surface area (Å²) in [5.41, 5.74) is 1.45. The molecule has 2 unspecified atom stereocenters. The summed E-state index contributed by atoms with van der Waals surface area (Å²) in [6.07, 6.45) is 0.691. The molecule has 1 N–H and O–H groups in total. The maximum atomic E-state index is 13.7. The van der Waals surface area contributed by atoms with Crippen LogP contribution in [0.1, 0.15) is 35.2 Å².